The minimum absolute atomic E-state index is 0.0487. The largest absolute Gasteiger partial charge is 0.494 e. The van der Waals surface area contributed by atoms with Gasteiger partial charge in [0.2, 0.25) is 0 Å². The van der Waals surface area contributed by atoms with E-state index < -0.39 is 0 Å². The number of piperazine rings is 1. The van der Waals surface area contributed by atoms with Crippen molar-refractivity contribution in [2.45, 2.75) is 20.4 Å². The summed E-state index contributed by atoms with van der Waals surface area (Å²) in [6.45, 7) is 8.77. The van der Waals surface area contributed by atoms with Crippen molar-refractivity contribution in [1.82, 2.24) is 9.80 Å². The van der Waals surface area contributed by atoms with E-state index in [1.165, 1.54) is 5.56 Å². The van der Waals surface area contributed by atoms with Crippen LogP contribution in [0.4, 0.5) is 0 Å². The van der Waals surface area contributed by atoms with E-state index in [2.05, 4.69) is 11.0 Å². The van der Waals surface area contributed by atoms with Gasteiger partial charge < -0.3 is 14.4 Å². The molecule has 5 nitrogen and oxygen atoms in total. The molecule has 1 saturated heterocycles. The van der Waals surface area contributed by atoms with Crippen LogP contribution in [-0.2, 0) is 11.3 Å². The van der Waals surface area contributed by atoms with Crippen LogP contribution in [0.3, 0.4) is 0 Å². The summed E-state index contributed by atoms with van der Waals surface area (Å²) in [5.41, 5.74) is 2.24. The van der Waals surface area contributed by atoms with Crippen molar-refractivity contribution < 1.29 is 14.3 Å². The van der Waals surface area contributed by atoms with Crippen molar-refractivity contribution in [2.24, 2.45) is 0 Å². The number of hydrogen-bond donors (Lipinski definition) is 0. The fourth-order valence-corrected chi connectivity index (χ4v) is 3.28. The van der Waals surface area contributed by atoms with Gasteiger partial charge in [0.25, 0.3) is 5.91 Å². The number of carbonyl (C=O) groups is 1. The quantitative estimate of drug-likeness (QED) is 0.753. The number of hydrogen-bond acceptors (Lipinski definition) is 4. The third-order valence-corrected chi connectivity index (χ3v) is 4.84. The monoisotopic (exact) mass is 368 g/mol. The molecule has 3 rings (SSSR count). The molecule has 1 heterocycles. The van der Waals surface area contributed by atoms with Crippen molar-refractivity contribution in [3.63, 3.8) is 0 Å². The molecule has 27 heavy (non-hydrogen) atoms. The first-order chi connectivity index (χ1) is 13.2. The molecular formula is C22H28N2O3. The Labute approximate surface area is 161 Å². The average molecular weight is 368 g/mol. The summed E-state index contributed by atoms with van der Waals surface area (Å²) in [5, 5.41) is 0. The molecule has 0 saturated carbocycles. The first kappa shape index (κ1) is 19.2. The summed E-state index contributed by atoms with van der Waals surface area (Å²) in [6, 6.07) is 15.9. The molecule has 1 aliphatic rings. The Kier molecular flexibility index (Phi) is 6.71. The van der Waals surface area contributed by atoms with Crippen molar-refractivity contribution >= 4 is 5.91 Å². The van der Waals surface area contributed by atoms with Gasteiger partial charge in [-0.3, -0.25) is 9.69 Å². The summed E-state index contributed by atoms with van der Waals surface area (Å²) in [4.78, 5) is 16.7. The maximum absolute atomic E-state index is 12.4. The van der Waals surface area contributed by atoms with Crippen molar-refractivity contribution in [1.29, 1.82) is 0 Å². The van der Waals surface area contributed by atoms with Crippen molar-refractivity contribution in [2.75, 3.05) is 39.4 Å². The van der Waals surface area contributed by atoms with Crippen LogP contribution in [0.15, 0.2) is 48.5 Å². The molecule has 0 radical (unpaired) electrons. The highest BCUT2D eigenvalue weighted by Crippen LogP contribution is 2.21. The number of rotatable bonds is 7. The molecule has 0 N–H and O–H groups in total. The lowest BCUT2D eigenvalue weighted by atomic mass is 10.1. The van der Waals surface area contributed by atoms with Gasteiger partial charge in [0.05, 0.1) is 6.61 Å². The Morgan fingerprint density at radius 1 is 0.926 bits per heavy atom. The Balaban J connectivity index is 1.47. The number of nitrogens with zero attached hydrogens (tertiary/aromatic N) is 2. The SMILES string of the molecule is CCOc1ccccc1CN1CCN(C(=O)COc2ccccc2C)CC1. The highest BCUT2D eigenvalue weighted by molar-refractivity contribution is 5.78. The van der Waals surface area contributed by atoms with Crippen LogP contribution in [0.2, 0.25) is 0 Å². The summed E-state index contributed by atoms with van der Waals surface area (Å²) in [7, 11) is 0. The van der Waals surface area contributed by atoms with Crippen LogP contribution >= 0.6 is 0 Å². The predicted octanol–water partition coefficient (Wildman–Crippen LogP) is 3.12. The Hall–Kier alpha value is -2.53. The van der Waals surface area contributed by atoms with Gasteiger partial charge >= 0.3 is 0 Å². The number of carbonyl (C=O) groups excluding carboxylic acids is 1. The van der Waals surface area contributed by atoms with Gasteiger partial charge in [-0.05, 0) is 31.5 Å². The minimum atomic E-state index is 0.0487. The van der Waals surface area contributed by atoms with Crippen LogP contribution in [0, 0.1) is 6.92 Å². The zero-order valence-electron chi connectivity index (χ0n) is 16.2. The van der Waals surface area contributed by atoms with Crippen LogP contribution in [0.1, 0.15) is 18.1 Å². The molecule has 0 unspecified atom stereocenters. The standard InChI is InChI=1S/C22H28N2O3/c1-3-26-21-11-7-5-9-19(21)16-23-12-14-24(15-13-23)22(25)17-27-20-10-6-4-8-18(20)2/h4-11H,3,12-17H2,1-2H3. The summed E-state index contributed by atoms with van der Waals surface area (Å²) < 4.78 is 11.4. The number of amides is 1. The van der Waals surface area contributed by atoms with Gasteiger partial charge in [0, 0.05) is 38.3 Å². The lowest BCUT2D eigenvalue weighted by molar-refractivity contribution is -0.135. The van der Waals surface area contributed by atoms with E-state index in [4.69, 9.17) is 9.47 Å². The second kappa shape index (κ2) is 9.42. The Morgan fingerprint density at radius 3 is 2.30 bits per heavy atom. The van der Waals surface area contributed by atoms with Crippen LogP contribution in [0.5, 0.6) is 11.5 Å². The number of aryl methyl sites for hydroxylation is 1. The van der Waals surface area contributed by atoms with Gasteiger partial charge in [0.15, 0.2) is 6.61 Å². The summed E-state index contributed by atoms with van der Waals surface area (Å²) in [6.07, 6.45) is 0. The molecule has 0 aromatic heterocycles. The maximum atomic E-state index is 12.4. The molecule has 0 bridgehead atoms. The minimum Gasteiger partial charge on any atom is -0.494 e. The molecule has 2 aromatic carbocycles. The number of para-hydroxylation sites is 2. The molecule has 0 atom stereocenters. The molecule has 1 aliphatic heterocycles. The van der Waals surface area contributed by atoms with Gasteiger partial charge in [0.1, 0.15) is 11.5 Å². The third-order valence-electron chi connectivity index (χ3n) is 4.84. The fourth-order valence-electron chi connectivity index (χ4n) is 3.28. The Bertz CT molecular complexity index is 755. The highest BCUT2D eigenvalue weighted by atomic mass is 16.5. The van der Waals surface area contributed by atoms with Gasteiger partial charge in [-0.15, -0.1) is 0 Å². The van der Waals surface area contributed by atoms with E-state index in [0.29, 0.717) is 6.61 Å². The smallest absolute Gasteiger partial charge is 0.260 e. The van der Waals surface area contributed by atoms with Crippen molar-refractivity contribution in [3.05, 3.63) is 59.7 Å². The second-order valence-corrected chi connectivity index (χ2v) is 6.75. The normalized spacial score (nSPS) is 14.8. The topological polar surface area (TPSA) is 42.0 Å². The molecule has 5 heteroatoms. The molecule has 1 amide bonds. The van der Waals surface area contributed by atoms with E-state index in [1.54, 1.807) is 0 Å². The van der Waals surface area contributed by atoms with E-state index >= 15 is 0 Å². The lowest BCUT2D eigenvalue weighted by Crippen LogP contribution is -2.49. The van der Waals surface area contributed by atoms with E-state index in [-0.39, 0.29) is 12.5 Å². The van der Waals surface area contributed by atoms with Crippen LogP contribution in [-0.4, -0.2) is 55.1 Å². The second-order valence-electron chi connectivity index (χ2n) is 6.75. The maximum Gasteiger partial charge on any atom is 0.260 e. The lowest BCUT2D eigenvalue weighted by Gasteiger charge is -2.35. The van der Waals surface area contributed by atoms with Gasteiger partial charge in [-0.25, -0.2) is 0 Å². The van der Waals surface area contributed by atoms with E-state index in [0.717, 1.165) is 49.8 Å². The highest BCUT2D eigenvalue weighted by Gasteiger charge is 2.22. The number of benzene rings is 2. The average Bonchev–Trinajstić information content (AvgIpc) is 2.69. The Morgan fingerprint density at radius 2 is 1.59 bits per heavy atom. The van der Waals surface area contributed by atoms with Gasteiger partial charge in [-0.1, -0.05) is 36.4 Å². The first-order valence-corrected chi connectivity index (χ1v) is 9.56. The van der Waals surface area contributed by atoms with Crippen molar-refractivity contribution in [3.8, 4) is 11.5 Å². The van der Waals surface area contributed by atoms with Gasteiger partial charge in [-0.2, -0.15) is 0 Å². The van der Waals surface area contributed by atoms with Crippen LogP contribution in [0.25, 0.3) is 0 Å². The zero-order valence-corrected chi connectivity index (χ0v) is 16.2. The predicted molar refractivity (Wildman–Crippen MR) is 106 cm³/mol. The molecule has 2 aromatic rings. The van der Waals surface area contributed by atoms with E-state index in [9.17, 15) is 4.79 Å². The summed E-state index contributed by atoms with van der Waals surface area (Å²) >= 11 is 0. The fraction of sp³-hybridized carbons (Fsp3) is 0.409. The molecule has 0 aliphatic carbocycles. The summed E-state index contributed by atoms with van der Waals surface area (Å²) in [5.74, 6) is 1.77. The molecule has 144 valence electrons. The first-order valence-electron chi connectivity index (χ1n) is 9.56. The molecular weight excluding hydrogens is 340 g/mol. The molecule has 1 fully saturated rings. The number of ether oxygens (including phenoxy) is 2. The van der Waals surface area contributed by atoms with Crippen LogP contribution < -0.4 is 9.47 Å². The zero-order chi connectivity index (χ0) is 19.1. The van der Waals surface area contributed by atoms with E-state index in [1.807, 2.05) is 61.2 Å². The third kappa shape index (κ3) is 5.23. The molecule has 0 spiro atoms.